The number of nitrogens with zero attached hydrogens (tertiary/aromatic N) is 3. The van der Waals surface area contributed by atoms with Crippen molar-refractivity contribution in [2.45, 2.75) is 11.4 Å². The second kappa shape index (κ2) is 8.45. The van der Waals surface area contributed by atoms with Gasteiger partial charge < -0.3 is 4.52 Å². The third kappa shape index (κ3) is 4.49. The van der Waals surface area contributed by atoms with E-state index in [0.717, 1.165) is 17.0 Å². The van der Waals surface area contributed by atoms with Crippen molar-refractivity contribution in [2.24, 2.45) is 0 Å². The molecule has 2 heterocycles. The molecule has 0 amide bonds. The highest BCUT2D eigenvalue weighted by Crippen LogP contribution is 2.27. The molecule has 3 aromatic rings. The Bertz CT molecular complexity index is 1100. The van der Waals surface area contributed by atoms with Gasteiger partial charge in [-0.1, -0.05) is 58.7 Å². The van der Waals surface area contributed by atoms with E-state index in [9.17, 15) is 8.42 Å². The van der Waals surface area contributed by atoms with Crippen molar-refractivity contribution < 1.29 is 12.9 Å². The third-order valence-electron chi connectivity index (χ3n) is 4.87. The number of halogens is 2. The van der Waals surface area contributed by atoms with E-state index in [2.05, 4.69) is 10.1 Å². The summed E-state index contributed by atoms with van der Waals surface area (Å²) < 4.78 is 32.6. The SMILES string of the molecule is O=S(=O)(c1ccc(Cl)c(Cl)c1)N1CCN(Cc2cc(-c3ccccc3)no2)CC1. The molecule has 0 bridgehead atoms. The van der Waals surface area contributed by atoms with E-state index < -0.39 is 10.0 Å². The fourth-order valence-electron chi connectivity index (χ4n) is 3.27. The predicted molar refractivity (Wildman–Crippen MR) is 112 cm³/mol. The minimum absolute atomic E-state index is 0.156. The summed E-state index contributed by atoms with van der Waals surface area (Å²) >= 11 is 11.9. The average molecular weight is 452 g/mol. The van der Waals surface area contributed by atoms with Gasteiger partial charge in [0.1, 0.15) is 5.69 Å². The summed E-state index contributed by atoms with van der Waals surface area (Å²) in [6.07, 6.45) is 0. The Morgan fingerprint density at radius 2 is 1.66 bits per heavy atom. The monoisotopic (exact) mass is 451 g/mol. The topological polar surface area (TPSA) is 66.7 Å². The summed E-state index contributed by atoms with van der Waals surface area (Å²) in [7, 11) is -3.60. The van der Waals surface area contributed by atoms with Crippen LogP contribution in [0.5, 0.6) is 0 Å². The molecule has 0 saturated carbocycles. The van der Waals surface area contributed by atoms with Gasteiger partial charge in [-0.2, -0.15) is 4.31 Å². The number of sulfonamides is 1. The molecule has 29 heavy (non-hydrogen) atoms. The van der Waals surface area contributed by atoms with Gasteiger partial charge in [0.05, 0.1) is 21.5 Å². The van der Waals surface area contributed by atoms with Crippen molar-refractivity contribution in [1.29, 1.82) is 0 Å². The summed E-state index contributed by atoms with van der Waals surface area (Å²) in [5.41, 5.74) is 1.79. The van der Waals surface area contributed by atoms with Crippen molar-refractivity contribution in [3.8, 4) is 11.3 Å². The summed E-state index contributed by atoms with van der Waals surface area (Å²) in [5, 5.41) is 4.69. The summed E-state index contributed by atoms with van der Waals surface area (Å²) in [6.45, 7) is 2.56. The zero-order chi connectivity index (χ0) is 20.4. The van der Waals surface area contributed by atoms with Gasteiger partial charge in [-0.15, -0.1) is 0 Å². The van der Waals surface area contributed by atoms with Crippen LogP contribution in [0.3, 0.4) is 0 Å². The molecule has 1 fully saturated rings. The van der Waals surface area contributed by atoms with Gasteiger partial charge in [-0.05, 0) is 18.2 Å². The molecular weight excluding hydrogens is 433 g/mol. The van der Waals surface area contributed by atoms with Crippen LogP contribution >= 0.6 is 23.2 Å². The van der Waals surface area contributed by atoms with Crippen LogP contribution in [0, 0.1) is 0 Å². The first-order chi connectivity index (χ1) is 13.9. The van der Waals surface area contributed by atoms with Crippen molar-refractivity contribution in [2.75, 3.05) is 26.2 Å². The molecule has 4 rings (SSSR count). The first kappa shape index (κ1) is 20.4. The minimum atomic E-state index is -3.60. The predicted octanol–water partition coefficient (Wildman–Crippen LogP) is 4.15. The molecule has 0 atom stereocenters. The van der Waals surface area contributed by atoms with Crippen molar-refractivity contribution in [1.82, 2.24) is 14.4 Å². The molecule has 0 N–H and O–H groups in total. The molecule has 1 aliphatic rings. The molecule has 9 heteroatoms. The lowest BCUT2D eigenvalue weighted by Crippen LogP contribution is -2.48. The van der Waals surface area contributed by atoms with Gasteiger partial charge in [0.15, 0.2) is 5.76 Å². The highest BCUT2D eigenvalue weighted by molar-refractivity contribution is 7.89. The van der Waals surface area contributed by atoms with Crippen molar-refractivity contribution >= 4 is 33.2 Å². The molecule has 0 radical (unpaired) electrons. The Balaban J connectivity index is 1.38. The quantitative estimate of drug-likeness (QED) is 0.582. The molecule has 0 spiro atoms. The smallest absolute Gasteiger partial charge is 0.243 e. The van der Waals surface area contributed by atoms with E-state index in [1.165, 1.54) is 22.5 Å². The first-order valence-electron chi connectivity index (χ1n) is 9.12. The van der Waals surface area contributed by atoms with Gasteiger partial charge in [-0.25, -0.2) is 8.42 Å². The lowest BCUT2D eigenvalue weighted by molar-refractivity contribution is 0.166. The number of benzene rings is 2. The summed E-state index contributed by atoms with van der Waals surface area (Å²) in [6, 6.07) is 16.1. The first-order valence-corrected chi connectivity index (χ1v) is 11.3. The van der Waals surface area contributed by atoms with E-state index in [1.807, 2.05) is 36.4 Å². The lowest BCUT2D eigenvalue weighted by Gasteiger charge is -2.33. The molecule has 152 valence electrons. The number of rotatable bonds is 5. The maximum atomic E-state index is 12.9. The van der Waals surface area contributed by atoms with E-state index in [1.54, 1.807) is 0 Å². The van der Waals surface area contributed by atoms with Crippen LogP contribution in [0.25, 0.3) is 11.3 Å². The largest absolute Gasteiger partial charge is 0.359 e. The number of aromatic nitrogens is 1. The van der Waals surface area contributed by atoms with Crippen LogP contribution in [-0.2, 0) is 16.6 Å². The van der Waals surface area contributed by atoms with Gasteiger partial charge in [0.25, 0.3) is 0 Å². The van der Waals surface area contributed by atoms with Crippen LogP contribution in [0.4, 0.5) is 0 Å². The van der Waals surface area contributed by atoms with Gasteiger partial charge in [-0.3, -0.25) is 4.90 Å². The number of hydrogen-bond acceptors (Lipinski definition) is 5. The summed E-state index contributed by atoms with van der Waals surface area (Å²) in [5.74, 6) is 0.754. The highest BCUT2D eigenvalue weighted by Gasteiger charge is 2.29. The molecule has 1 saturated heterocycles. The van der Waals surface area contributed by atoms with E-state index in [-0.39, 0.29) is 9.92 Å². The van der Waals surface area contributed by atoms with Crippen LogP contribution in [0.1, 0.15) is 5.76 Å². The van der Waals surface area contributed by atoms with E-state index in [4.69, 9.17) is 27.7 Å². The Morgan fingerprint density at radius 1 is 0.931 bits per heavy atom. The Hall–Kier alpha value is -1.90. The maximum absolute atomic E-state index is 12.9. The fourth-order valence-corrected chi connectivity index (χ4v) is 5.08. The second-order valence-electron chi connectivity index (χ2n) is 6.80. The van der Waals surface area contributed by atoms with Gasteiger partial charge >= 0.3 is 0 Å². The normalized spacial score (nSPS) is 16.2. The average Bonchev–Trinajstić information content (AvgIpc) is 3.19. The zero-order valence-corrected chi connectivity index (χ0v) is 17.8. The molecule has 2 aromatic carbocycles. The zero-order valence-electron chi connectivity index (χ0n) is 15.5. The van der Waals surface area contributed by atoms with Gasteiger partial charge in [0, 0.05) is 37.8 Å². The standard InChI is InChI=1S/C20H19Cl2N3O3S/c21-18-7-6-17(13-19(18)22)29(26,27)25-10-8-24(9-11-25)14-16-12-20(23-28-16)15-4-2-1-3-5-15/h1-7,12-13H,8-11,14H2. The highest BCUT2D eigenvalue weighted by atomic mass is 35.5. The Kier molecular flexibility index (Phi) is 5.94. The number of piperazine rings is 1. The maximum Gasteiger partial charge on any atom is 0.243 e. The summed E-state index contributed by atoms with van der Waals surface area (Å²) in [4.78, 5) is 2.30. The van der Waals surface area contributed by atoms with Crippen LogP contribution in [0.15, 0.2) is 64.0 Å². The molecule has 0 aliphatic carbocycles. The van der Waals surface area contributed by atoms with Gasteiger partial charge in [0.2, 0.25) is 10.0 Å². The van der Waals surface area contributed by atoms with E-state index in [0.29, 0.717) is 37.7 Å². The fraction of sp³-hybridized carbons (Fsp3) is 0.250. The molecule has 0 unspecified atom stereocenters. The van der Waals surface area contributed by atoms with Crippen molar-refractivity contribution in [3.05, 3.63) is 70.4 Å². The van der Waals surface area contributed by atoms with Crippen LogP contribution in [0.2, 0.25) is 10.0 Å². The lowest BCUT2D eigenvalue weighted by atomic mass is 10.1. The second-order valence-corrected chi connectivity index (χ2v) is 9.55. The van der Waals surface area contributed by atoms with Crippen molar-refractivity contribution in [3.63, 3.8) is 0 Å². The Morgan fingerprint density at radius 3 is 2.34 bits per heavy atom. The Labute approximate surface area is 179 Å². The molecule has 1 aliphatic heterocycles. The third-order valence-corrected chi connectivity index (χ3v) is 7.50. The van der Waals surface area contributed by atoms with Crippen LogP contribution in [-0.4, -0.2) is 49.0 Å². The number of hydrogen-bond donors (Lipinski definition) is 0. The molecule has 6 nitrogen and oxygen atoms in total. The minimum Gasteiger partial charge on any atom is -0.359 e. The van der Waals surface area contributed by atoms with E-state index >= 15 is 0 Å². The molecule has 1 aromatic heterocycles. The van der Waals surface area contributed by atoms with Crippen LogP contribution < -0.4 is 0 Å². The molecular formula is C20H19Cl2N3O3S.